The average Bonchev–Trinajstić information content (AvgIpc) is 3.42. The van der Waals surface area contributed by atoms with E-state index in [0.29, 0.717) is 39.3 Å². The van der Waals surface area contributed by atoms with Crippen molar-refractivity contribution in [2.45, 2.75) is 99.6 Å². The summed E-state index contributed by atoms with van der Waals surface area (Å²) in [6, 6.07) is 17.2. The van der Waals surface area contributed by atoms with Gasteiger partial charge in [0.05, 0.1) is 5.76 Å². The predicted octanol–water partition coefficient (Wildman–Crippen LogP) is 12.4. The Balaban J connectivity index is 0.000000435. The second kappa shape index (κ2) is 17.8. The smallest absolute Gasteiger partial charge is 0 e. The van der Waals surface area contributed by atoms with E-state index >= 15 is 0 Å². The van der Waals surface area contributed by atoms with Gasteiger partial charge in [0.2, 0.25) is 0 Å². The van der Waals surface area contributed by atoms with E-state index in [9.17, 15) is 9.90 Å². The fourth-order valence-electron chi connectivity index (χ4n) is 7.37. The molecule has 1 N–H and O–H groups in total. The molecule has 4 nitrogen and oxygen atoms in total. The van der Waals surface area contributed by atoms with Crippen molar-refractivity contribution in [3.63, 3.8) is 0 Å². The molecule has 2 heterocycles. The van der Waals surface area contributed by atoms with Crippen molar-refractivity contribution < 1.29 is 43.7 Å². The van der Waals surface area contributed by atoms with Crippen LogP contribution in [0.25, 0.3) is 42.3 Å². The van der Waals surface area contributed by atoms with E-state index in [4.69, 9.17) is 13.7 Å². The molecule has 0 unspecified atom stereocenters. The molecule has 0 fully saturated rings. The first-order valence-electron chi connectivity index (χ1n) is 22.9. The van der Waals surface area contributed by atoms with Crippen molar-refractivity contribution in [2.75, 3.05) is 0 Å². The summed E-state index contributed by atoms with van der Waals surface area (Å²) in [6.07, 6.45) is 2.07. The Kier molecular flexibility index (Phi) is 10.6. The number of thiophene rings is 1. The van der Waals surface area contributed by atoms with Gasteiger partial charge in [-0.25, -0.2) is 0 Å². The van der Waals surface area contributed by atoms with Gasteiger partial charge in [-0.3, -0.25) is 4.79 Å². The van der Waals surface area contributed by atoms with Crippen molar-refractivity contribution >= 4 is 65.9 Å². The van der Waals surface area contributed by atoms with E-state index in [1.807, 2.05) is 12.1 Å². The number of ketones is 1. The Morgan fingerprint density at radius 1 is 0.904 bits per heavy atom. The molecule has 52 heavy (non-hydrogen) atoms. The third kappa shape index (κ3) is 10.6. The number of aliphatic hydroxyl groups excluding tert-OH is 1. The number of benzene rings is 3. The van der Waals surface area contributed by atoms with Gasteiger partial charge in [-0.1, -0.05) is 55.4 Å². The van der Waals surface area contributed by atoms with Crippen LogP contribution in [0.4, 0.5) is 0 Å². The molecule has 0 spiro atoms. The van der Waals surface area contributed by atoms with Gasteiger partial charge in [0, 0.05) is 38.0 Å². The quantitative estimate of drug-likeness (QED) is 0.0656. The molecular weight excluding hydrogens is 897 g/mol. The van der Waals surface area contributed by atoms with E-state index in [0.717, 1.165) is 22.1 Å². The molecule has 0 aliphatic rings. The van der Waals surface area contributed by atoms with Gasteiger partial charge in [-0.05, 0) is 23.7 Å². The first kappa shape index (κ1) is 30.9. The number of carbonyl (C=O) groups excluding carboxylic acids is 1. The van der Waals surface area contributed by atoms with Gasteiger partial charge in [-0.15, -0.1) is 0 Å². The molecule has 3 aromatic carbocycles. The molecule has 0 bridgehead atoms. The van der Waals surface area contributed by atoms with Gasteiger partial charge in [0.15, 0.2) is 5.78 Å². The Morgan fingerprint density at radius 2 is 1.52 bits per heavy atom. The minimum atomic E-state index is -6.10. The van der Waals surface area contributed by atoms with Crippen LogP contribution in [0.3, 0.4) is 0 Å². The van der Waals surface area contributed by atoms with Crippen molar-refractivity contribution in [3.8, 4) is 11.3 Å². The first-order chi connectivity index (χ1) is 27.8. The van der Waals surface area contributed by atoms with Crippen LogP contribution in [0.5, 0.6) is 0 Å². The molecule has 0 atom stereocenters. The predicted molar refractivity (Wildman–Crippen MR) is 225 cm³/mol. The third-order valence-electron chi connectivity index (χ3n) is 9.27. The Morgan fingerprint density at radius 3 is 2.10 bits per heavy atom. The van der Waals surface area contributed by atoms with Crippen LogP contribution in [0.15, 0.2) is 66.7 Å². The first-order valence-corrected chi connectivity index (χ1v) is 22.9. The Bertz CT molecular complexity index is 2340. The minimum absolute atomic E-state index is 0. The number of aliphatic hydroxyl groups is 1. The summed E-state index contributed by atoms with van der Waals surface area (Å²) in [4.78, 5) is 21.1. The molecule has 5 aromatic rings. The number of rotatable bonds is 10. The fraction of sp³-hybridized carbons (Fsp3) is 0.489. The summed E-state index contributed by atoms with van der Waals surface area (Å²) in [7, 11) is 0. The summed E-state index contributed by atoms with van der Waals surface area (Å²) in [5.74, 6) is 1.63. The monoisotopic (exact) mass is 970 g/mol. The van der Waals surface area contributed by atoms with Gasteiger partial charge in [-0.2, -0.15) is 0 Å². The number of aromatic nitrogens is 2. The van der Waals surface area contributed by atoms with Crippen LogP contribution in [0.2, 0.25) is 17.1 Å². The minimum Gasteiger partial charge on any atom is 0 e. The number of hydrogen-bond acceptors (Lipinski definition) is 5. The zero-order valence-electron chi connectivity index (χ0n) is 42.4. The number of fused-ring (bicyclic) bond motifs is 4. The molecule has 0 saturated carbocycles. The number of allylic oxidation sites excluding steroid dienone is 2. The SMILES string of the molecule is CC(C)C(C(=O)/C=C(\O)C(C(C)C)C(C)C)C(C)C.[2H]c1nc(-c2[c-]c3ccccc3[c]([Ge]([C]([2H])([2H])[2H])([C]([2H])([2H])[2H])[C]([2H])([2H])[2H])c2)c2sc3cc(CC(C)(C)C)ccc3c2n1.[Ir]. The normalized spacial score (nSPS) is 16.4. The van der Waals surface area contributed by atoms with Gasteiger partial charge in [0.25, 0.3) is 0 Å². The molecule has 2 aromatic heterocycles. The summed E-state index contributed by atoms with van der Waals surface area (Å²) in [5, 5.41) is 11.7. The third-order valence-corrected chi connectivity index (χ3v) is 13.0. The average molecular weight is 969 g/mol. The Labute approximate surface area is 348 Å². The zero-order chi connectivity index (χ0) is 46.4. The maximum atomic E-state index is 12.3. The van der Waals surface area contributed by atoms with Crippen molar-refractivity contribution in [3.05, 3.63) is 78.3 Å². The topological polar surface area (TPSA) is 63.1 Å². The van der Waals surface area contributed by atoms with Gasteiger partial charge < -0.3 is 5.11 Å². The number of nitrogens with zero attached hydrogens (tertiary/aromatic N) is 2. The van der Waals surface area contributed by atoms with Gasteiger partial charge in [0.1, 0.15) is 0 Å². The van der Waals surface area contributed by atoms with E-state index in [1.54, 1.807) is 24.3 Å². The fourth-order valence-corrected chi connectivity index (χ4v) is 10.6. The molecule has 283 valence electrons. The zero-order valence-corrected chi connectivity index (χ0v) is 37.7. The molecule has 0 aliphatic carbocycles. The van der Waals surface area contributed by atoms with Gasteiger partial charge >= 0.3 is 211 Å². The molecule has 0 amide bonds. The molecule has 0 saturated heterocycles. The molecule has 5 rings (SSSR count). The van der Waals surface area contributed by atoms with Crippen LogP contribution in [-0.2, 0) is 31.3 Å². The standard InChI is InChI=1S/C28H29GeN2S.C17H32O2.Ir/c1-28(2,3)16-18-11-12-22-24(13-18)32-27-25(30-17-31-26(22)27)20-14-19-9-7-8-10-21(19)23(15-20)29(4,5)6;1-10(2)16(11(3)4)14(18)9-15(19)17(12(5)6)13(7)8;/h7-13,15,17H,16H2,1-6H3;9-13,16-18H,1-8H3;/q-1;;/b;14-9-;/i4D3,5D3,6D3,17D;;. The molecule has 1 radical (unpaired) electrons. The van der Waals surface area contributed by atoms with Crippen molar-refractivity contribution in [2.24, 2.45) is 40.9 Å². The van der Waals surface area contributed by atoms with E-state index in [1.165, 1.54) is 23.5 Å². The second-order valence-corrected chi connectivity index (χ2v) is 21.7. The molecule has 0 aliphatic heterocycles. The maximum absolute atomic E-state index is 12.3. The Hall–Kier alpha value is -2.38. The second-order valence-electron chi connectivity index (χ2n) is 16.4. The molecule has 7 heteroatoms. The van der Waals surface area contributed by atoms with Crippen LogP contribution in [0, 0.1) is 47.0 Å². The largest absolute Gasteiger partial charge is 0 e. The van der Waals surface area contributed by atoms with Crippen molar-refractivity contribution in [1.29, 1.82) is 0 Å². The van der Waals surface area contributed by atoms with Crippen molar-refractivity contribution in [1.82, 2.24) is 9.97 Å². The number of hydrogen-bond donors (Lipinski definition) is 1. The molecular formula is C45H61GeIrN2O2S-. The van der Waals surface area contributed by atoms with E-state index in [2.05, 4.69) is 98.3 Å². The van der Waals surface area contributed by atoms with Crippen LogP contribution in [-0.4, -0.2) is 34.1 Å². The van der Waals surface area contributed by atoms with E-state index < -0.39 is 30.3 Å². The van der Waals surface area contributed by atoms with Crippen LogP contribution in [0.1, 0.15) is 95.4 Å². The maximum Gasteiger partial charge on any atom is 0 e. The summed E-state index contributed by atoms with van der Waals surface area (Å²) < 4.78 is 85.3. The van der Waals surface area contributed by atoms with Crippen LogP contribution >= 0.6 is 11.3 Å². The van der Waals surface area contributed by atoms with E-state index in [-0.39, 0.29) is 76.2 Å². The van der Waals surface area contributed by atoms with Crippen LogP contribution < -0.4 is 4.40 Å². The summed E-state index contributed by atoms with van der Waals surface area (Å²) >= 11 is -4.68. The number of carbonyl (C=O) groups is 1. The summed E-state index contributed by atoms with van der Waals surface area (Å²) in [5.41, 5.74) is -7.46. The summed E-state index contributed by atoms with van der Waals surface area (Å²) in [6.45, 7) is 23.1.